The molecule has 0 spiro atoms. The number of amides is 1. The van der Waals surface area contributed by atoms with Crippen molar-refractivity contribution in [1.29, 1.82) is 0 Å². The smallest absolute Gasteiger partial charge is 0.340 e. The molecule has 2 N–H and O–H groups in total. The van der Waals surface area contributed by atoms with Gasteiger partial charge in [-0.05, 0) is 24.6 Å². The Balaban J connectivity index is 1.65. The molecule has 0 radical (unpaired) electrons. The number of nitrogens with one attached hydrogen (secondary N) is 2. The molecule has 0 aliphatic carbocycles. The van der Waals surface area contributed by atoms with Crippen LogP contribution in [0.3, 0.4) is 0 Å². The summed E-state index contributed by atoms with van der Waals surface area (Å²) in [5, 5.41) is 9.09. The second kappa shape index (κ2) is 9.13. The van der Waals surface area contributed by atoms with Crippen LogP contribution in [0, 0.1) is 0 Å². The summed E-state index contributed by atoms with van der Waals surface area (Å²) in [7, 11) is -3.07. The lowest BCUT2D eigenvalue weighted by atomic mass is 10.0. The third-order valence-electron chi connectivity index (χ3n) is 4.62. The van der Waals surface area contributed by atoms with Gasteiger partial charge in [-0.3, -0.25) is 10.1 Å². The number of benzene rings is 1. The molecule has 1 saturated heterocycles. The molecular weight excluding hydrogens is 480 g/mol. The fraction of sp³-hybridized carbons (Fsp3) is 0.389. The van der Waals surface area contributed by atoms with Crippen molar-refractivity contribution in [2.45, 2.75) is 24.8 Å². The maximum atomic E-state index is 13.0. The monoisotopic (exact) mass is 497 g/mol. The molecule has 1 fully saturated rings. The van der Waals surface area contributed by atoms with Crippen molar-refractivity contribution >= 4 is 21.9 Å². The van der Waals surface area contributed by atoms with Gasteiger partial charge in [-0.15, -0.1) is 5.10 Å². The third-order valence-corrected chi connectivity index (χ3v) is 6.39. The largest absolute Gasteiger partial charge is 0.416 e. The van der Waals surface area contributed by atoms with E-state index in [2.05, 4.69) is 20.7 Å². The lowest BCUT2D eigenvalue weighted by Crippen LogP contribution is -2.39. The van der Waals surface area contributed by atoms with E-state index in [0.717, 1.165) is 23.3 Å². The van der Waals surface area contributed by atoms with Crippen LogP contribution in [0.25, 0.3) is 17.6 Å². The van der Waals surface area contributed by atoms with Gasteiger partial charge in [0.2, 0.25) is 5.91 Å². The third kappa shape index (κ3) is 6.77. The summed E-state index contributed by atoms with van der Waals surface area (Å²) in [4.78, 5) is 15.5. The Kier molecular flexibility index (Phi) is 6.83. The van der Waals surface area contributed by atoms with Gasteiger partial charge in [0.15, 0.2) is 15.7 Å². The SMILES string of the molecule is O=C(/C=C\n1cnc(-c2cc(C(F)(F)F)cc(C(F)(F)F)c2)n1)NCNC1CCS(=O)(=O)C1. The first kappa shape index (κ1) is 24.7. The first-order valence-electron chi connectivity index (χ1n) is 9.34. The lowest BCUT2D eigenvalue weighted by molar-refractivity contribution is -0.143. The number of sulfone groups is 1. The van der Waals surface area contributed by atoms with Gasteiger partial charge in [0.05, 0.1) is 29.3 Å². The van der Waals surface area contributed by atoms with Crippen molar-refractivity contribution in [1.82, 2.24) is 25.4 Å². The second-order valence-electron chi connectivity index (χ2n) is 7.18. The Morgan fingerprint density at radius 2 is 1.76 bits per heavy atom. The summed E-state index contributed by atoms with van der Waals surface area (Å²) in [6.07, 6.45) is -6.46. The molecule has 1 atom stereocenters. The zero-order chi connectivity index (χ0) is 24.4. The van der Waals surface area contributed by atoms with Crippen LogP contribution in [0.4, 0.5) is 26.3 Å². The van der Waals surface area contributed by atoms with Crippen LogP contribution in [-0.2, 0) is 27.0 Å². The van der Waals surface area contributed by atoms with Crippen molar-refractivity contribution in [2.24, 2.45) is 0 Å². The molecular formula is C18H17F6N5O3S. The second-order valence-corrected chi connectivity index (χ2v) is 9.41. The number of nitrogens with zero attached hydrogens (tertiary/aromatic N) is 3. The predicted octanol–water partition coefficient (Wildman–Crippen LogP) is 2.30. The molecule has 33 heavy (non-hydrogen) atoms. The van der Waals surface area contributed by atoms with Crippen LogP contribution >= 0.6 is 0 Å². The Labute approximate surface area is 183 Å². The number of hydrogen-bond donors (Lipinski definition) is 2. The van der Waals surface area contributed by atoms with Crippen molar-refractivity contribution in [3.8, 4) is 11.4 Å². The first-order valence-corrected chi connectivity index (χ1v) is 11.2. The van der Waals surface area contributed by atoms with Crippen LogP contribution in [0.15, 0.2) is 30.6 Å². The summed E-state index contributed by atoms with van der Waals surface area (Å²) in [5.74, 6) is -0.949. The van der Waals surface area contributed by atoms with Gasteiger partial charge in [-0.25, -0.2) is 18.1 Å². The molecule has 1 amide bonds. The lowest BCUT2D eigenvalue weighted by Gasteiger charge is -2.13. The van der Waals surface area contributed by atoms with E-state index in [1.807, 2.05) is 0 Å². The van der Waals surface area contributed by atoms with Crippen molar-refractivity contribution in [2.75, 3.05) is 18.2 Å². The number of carbonyl (C=O) groups excluding carboxylic acids is 1. The Bertz CT molecular complexity index is 1120. The van der Waals surface area contributed by atoms with Gasteiger partial charge in [0.25, 0.3) is 0 Å². The summed E-state index contributed by atoms with van der Waals surface area (Å²) in [5.41, 5.74) is -3.49. The summed E-state index contributed by atoms with van der Waals surface area (Å²) in [6, 6.07) is 0.728. The van der Waals surface area contributed by atoms with Crippen molar-refractivity contribution in [3.05, 3.63) is 41.7 Å². The Morgan fingerprint density at radius 3 is 2.30 bits per heavy atom. The number of carbonyl (C=O) groups is 1. The van der Waals surface area contributed by atoms with Crippen LogP contribution in [0.2, 0.25) is 0 Å². The van der Waals surface area contributed by atoms with Gasteiger partial charge >= 0.3 is 12.4 Å². The molecule has 15 heteroatoms. The molecule has 1 aromatic heterocycles. The summed E-state index contributed by atoms with van der Waals surface area (Å²) >= 11 is 0. The molecule has 8 nitrogen and oxygen atoms in total. The van der Waals surface area contributed by atoms with Gasteiger partial charge in [-0.2, -0.15) is 26.3 Å². The Hall–Kier alpha value is -2.94. The number of aromatic nitrogens is 3. The van der Waals surface area contributed by atoms with E-state index < -0.39 is 50.6 Å². The highest BCUT2D eigenvalue weighted by Crippen LogP contribution is 2.38. The van der Waals surface area contributed by atoms with E-state index in [-0.39, 0.29) is 30.3 Å². The number of rotatable bonds is 6. The minimum absolute atomic E-state index is 0.000235. The van der Waals surface area contributed by atoms with Crippen molar-refractivity contribution in [3.63, 3.8) is 0 Å². The van der Waals surface area contributed by atoms with E-state index in [0.29, 0.717) is 18.6 Å². The minimum Gasteiger partial charge on any atom is -0.340 e. The summed E-state index contributed by atoms with van der Waals surface area (Å²) < 4.78 is 102. The zero-order valence-corrected chi connectivity index (χ0v) is 17.4. The maximum Gasteiger partial charge on any atom is 0.416 e. The van der Waals surface area contributed by atoms with Gasteiger partial charge in [0, 0.05) is 23.9 Å². The Morgan fingerprint density at radius 1 is 1.12 bits per heavy atom. The normalized spacial score (nSPS) is 18.7. The molecule has 180 valence electrons. The van der Waals surface area contributed by atoms with Crippen LogP contribution in [-0.4, -0.2) is 53.3 Å². The van der Waals surface area contributed by atoms with Gasteiger partial charge < -0.3 is 5.32 Å². The molecule has 0 bridgehead atoms. The van der Waals surface area contributed by atoms with E-state index in [1.54, 1.807) is 0 Å². The number of alkyl halides is 6. The number of halogens is 6. The summed E-state index contributed by atoms with van der Waals surface area (Å²) in [6.45, 7) is -0.00355. The van der Waals surface area contributed by atoms with E-state index in [9.17, 15) is 39.6 Å². The van der Waals surface area contributed by atoms with E-state index in [4.69, 9.17) is 0 Å². The molecule has 1 aliphatic heterocycles. The number of hydrogen-bond acceptors (Lipinski definition) is 6. The van der Waals surface area contributed by atoms with E-state index in [1.165, 1.54) is 0 Å². The van der Waals surface area contributed by atoms with E-state index >= 15 is 0 Å². The molecule has 2 aromatic rings. The fourth-order valence-electron chi connectivity index (χ4n) is 3.00. The molecule has 1 unspecified atom stereocenters. The van der Waals surface area contributed by atoms with Gasteiger partial charge in [0.1, 0.15) is 6.33 Å². The fourth-order valence-corrected chi connectivity index (χ4v) is 4.71. The maximum absolute atomic E-state index is 13.0. The van der Waals surface area contributed by atoms with Crippen LogP contribution in [0.1, 0.15) is 17.5 Å². The highest BCUT2D eigenvalue weighted by molar-refractivity contribution is 7.91. The molecule has 0 saturated carbocycles. The van der Waals surface area contributed by atoms with Crippen LogP contribution < -0.4 is 10.6 Å². The van der Waals surface area contributed by atoms with Gasteiger partial charge in [-0.1, -0.05) is 0 Å². The zero-order valence-electron chi connectivity index (χ0n) is 16.6. The average molecular weight is 497 g/mol. The first-order chi connectivity index (χ1) is 15.2. The minimum atomic E-state index is -5.01. The van der Waals surface area contributed by atoms with Crippen LogP contribution in [0.5, 0.6) is 0 Å². The highest BCUT2D eigenvalue weighted by atomic mass is 32.2. The topological polar surface area (TPSA) is 106 Å². The average Bonchev–Trinajstić information content (AvgIpc) is 3.31. The molecule has 1 aromatic carbocycles. The molecule has 2 heterocycles. The standard InChI is InChI=1S/C18H17F6N5O3S/c19-17(20,21)12-5-11(6-13(7-12)18(22,23)24)16-27-10-29(28-16)3-1-15(30)26-9-25-14-2-4-33(31,32)8-14/h1,3,5-7,10,14,25H,2,4,8-9H2,(H,26,30)/b3-1-. The molecule has 1 aliphatic rings. The van der Waals surface area contributed by atoms with Crippen molar-refractivity contribution < 1.29 is 39.6 Å². The predicted molar refractivity (Wildman–Crippen MR) is 104 cm³/mol. The molecule has 3 rings (SSSR count). The quantitative estimate of drug-likeness (QED) is 0.361. The highest BCUT2D eigenvalue weighted by Gasteiger charge is 2.37.